The second-order valence-electron chi connectivity index (χ2n) is 6.54. The van der Waals surface area contributed by atoms with E-state index in [9.17, 15) is 22.3 Å². The molecule has 0 aromatic heterocycles. The highest BCUT2D eigenvalue weighted by atomic mass is 32.3. The lowest BCUT2D eigenvalue weighted by molar-refractivity contribution is -0.137. The minimum absolute atomic E-state index is 0.0509. The van der Waals surface area contributed by atoms with Gasteiger partial charge in [0.05, 0.1) is 28.1 Å². The average molecular weight is 356 g/mol. The van der Waals surface area contributed by atoms with Gasteiger partial charge >= 0.3 is 6.18 Å². The van der Waals surface area contributed by atoms with Crippen molar-refractivity contribution in [3.8, 4) is 6.07 Å². The molecule has 2 bridgehead atoms. The molecule has 0 spiro atoms. The molecule has 4 atom stereocenters. The van der Waals surface area contributed by atoms with Crippen molar-refractivity contribution in [3.63, 3.8) is 0 Å². The van der Waals surface area contributed by atoms with Crippen LogP contribution in [0.4, 0.5) is 18.9 Å². The van der Waals surface area contributed by atoms with Crippen molar-refractivity contribution in [2.45, 2.75) is 17.8 Å². The molecule has 2 fully saturated rings. The van der Waals surface area contributed by atoms with Crippen molar-refractivity contribution >= 4 is 16.5 Å². The Balaban J connectivity index is 1.74. The van der Waals surface area contributed by atoms with Crippen molar-refractivity contribution in [1.29, 1.82) is 5.26 Å². The maximum atomic E-state index is 13.2. The Hall–Kier alpha value is -1.69. The Bertz CT molecular complexity index is 772. The summed E-state index contributed by atoms with van der Waals surface area (Å²) in [7, 11) is -3.20. The Morgan fingerprint density at radius 1 is 1.21 bits per heavy atom. The van der Waals surface area contributed by atoms with E-state index in [1.54, 1.807) is 0 Å². The summed E-state index contributed by atoms with van der Waals surface area (Å²) in [6, 6.07) is 4.84. The zero-order valence-electron chi connectivity index (χ0n) is 12.4. The zero-order chi connectivity index (χ0) is 17.3. The summed E-state index contributed by atoms with van der Waals surface area (Å²) in [5.41, 5.74) is -1.41. The highest BCUT2D eigenvalue weighted by Gasteiger charge is 2.58. The molecule has 2 aliphatic carbocycles. The van der Waals surface area contributed by atoms with Crippen molar-refractivity contribution in [2.75, 3.05) is 10.8 Å². The van der Waals surface area contributed by atoms with Crippen LogP contribution < -0.4 is 4.31 Å². The van der Waals surface area contributed by atoms with Gasteiger partial charge in [0.1, 0.15) is 0 Å². The van der Waals surface area contributed by atoms with E-state index in [1.807, 2.05) is 6.08 Å². The van der Waals surface area contributed by atoms with Gasteiger partial charge in [-0.25, -0.2) is 0 Å². The van der Waals surface area contributed by atoms with E-state index in [-0.39, 0.29) is 28.7 Å². The van der Waals surface area contributed by atoms with Gasteiger partial charge in [0.2, 0.25) is 0 Å². The lowest BCUT2D eigenvalue weighted by Crippen LogP contribution is -2.28. The van der Waals surface area contributed by atoms with E-state index >= 15 is 0 Å². The van der Waals surface area contributed by atoms with E-state index < -0.39 is 28.1 Å². The van der Waals surface area contributed by atoms with Gasteiger partial charge in [-0.05, 0) is 36.5 Å². The molecular formula is C16H15F3N2O2S. The average Bonchev–Trinajstić information content (AvgIpc) is 3.18. The number of nitrogens with zero attached hydrogens (tertiary/aromatic N) is 2. The highest BCUT2D eigenvalue weighted by Crippen LogP contribution is 2.68. The topological polar surface area (TPSA) is 67.5 Å². The first-order chi connectivity index (χ1) is 11.2. The van der Waals surface area contributed by atoms with E-state index in [0.29, 0.717) is 6.54 Å². The van der Waals surface area contributed by atoms with Crippen LogP contribution in [0.3, 0.4) is 0 Å². The summed E-state index contributed by atoms with van der Waals surface area (Å²) in [6.07, 6.45) is 0.286. The summed E-state index contributed by atoms with van der Waals surface area (Å²) in [6.45, 7) is 0.321. The van der Waals surface area contributed by atoms with Gasteiger partial charge in [-0.3, -0.25) is 13.4 Å². The molecule has 128 valence electrons. The number of fused-ring (bicyclic) bond motifs is 5. The second-order valence-corrected chi connectivity index (χ2v) is 8.65. The quantitative estimate of drug-likeness (QED) is 0.738. The summed E-state index contributed by atoms with van der Waals surface area (Å²) in [5, 5.41) is 8.56. The molecule has 1 saturated carbocycles. The standard InChI is InChI=1S/C16H15F3N2O2S/c17-16(18,19)14-6-12(4-3-11(14)7-20)21-8-13-9-1-2-10(5-9)15(13)24(21,22)23/h1-4,6,9-10,13,15,22-23H,5,8H2/t9-,10+,13-,15+/m0/s1. The fraction of sp³-hybridized carbons (Fsp3) is 0.438. The van der Waals surface area contributed by atoms with Gasteiger partial charge in [-0.15, -0.1) is 10.8 Å². The predicted octanol–water partition coefficient (Wildman–Crippen LogP) is 4.25. The normalized spacial score (nSPS) is 34.2. The van der Waals surface area contributed by atoms with Crippen molar-refractivity contribution in [3.05, 3.63) is 41.5 Å². The first-order valence-electron chi connectivity index (χ1n) is 7.58. The van der Waals surface area contributed by atoms with Crippen LogP contribution >= 0.6 is 10.8 Å². The Morgan fingerprint density at radius 2 is 1.92 bits per heavy atom. The number of hydrogen-bond donors (Lipinski definition) is 2. The molecule has 8 heteroatoms. The molecule has 0 unspecified atom stereocenters. The Labute approximate surface area is 138 Å². The molecule has 2 N–H and O–H groups in total. The maximum Gasteiger partial charge on any atom is 0.417 e. The number of allylic oxidation sites excluding steroid dienone is 2. The molecular weight excluding hydrogens is 341 g/mol. The number of nitriles is 1. The molecule has 4 rings (SSSR count). The monoisotopic (exact) mass is 356 g/mol. The summed E-state index contributed by atoms with van der Waals surface area (Å²) in [4.78, 5) is 0. The number of alkyl halides is 3. The SMILES string of the molecule is N#Cc1ccc(N2C[C@@H]3[C@@H]([C@@H]4C=C[C@H]3C4)S2(O)O)cc1C(F)(F)F. The fourth-order valence-electron chi connectivity index (χ4n) is 4.32. The van der Waals surface area contributed by atoms with Crippen molar-refractivity contribution in [1.82, 2.24) is 0 Å². The van der Waals surface area contributed by atoms with E-state index in [0.717, 1.165) is 18.6 Å². The minimum atomic E-state index is -4.67. The third-order valence-electron chi connectivity index (χ3n) is 5.33. The van der Waals surface area contributed by atoms with Crippen molar-refractivity contribution < 1.29 is 22.3 Å². The van der Waals surface area contributed by atoms with Crippen LogP contribution in [-0.2, 0) is 6.18 Å². The lowest BCUT2D eigenvalue weighted by Gasteiger charge is -2.43. The number of benzene rings is 1. The number of hydrogen-bond acceptors (Lipinski definition) is 4. The number of anilines is 1. The van der Waals surface area contributed by atoms with Crippen LogP contribution in [0.2, 0.25) is 0 Å². The largest absolute Gasteiger partial charge is 0.417 e. The molecule has 1 saturated heterocycles. The molecule has 4 nitrogen and oxygen atoms in total. The summed E-state index contributed by atoms with van der Waals surface area (Å²) in [5.74, 6) is 0.391. The smallest absolute Gasteiger partial charge is 0.281 e. The van der Waals surface area contributed by atoms with Gasteiger partial charge in [0.15, 0.2) is 0 Å². The molecule has 1 heterocycles. The molecule has 1 aromatic rings. The maximum absolute atomic E-state index is 13.2. The second kappa shape index (κ2) is 4.91. The Morgan fingerprint density at radius 3 is 2.54 bits per heavy atom. The van der Waals surface area contributed by atoms with Crippen molar-refractivity contribution in [2.24, 2.45) is 17.8 Å². The van der Waals surface area contributed by atoms with Gasteiger partial charge < -0.3 is 0 Å². The first kappa shape index (κ1) is 15.8. The highest BCUT2D eigenvalue weighted by molar-refractivity contribution is 8.26. The third kappa shape index (κ3) is 2.08. The summed E-state index contributed by atoms with van der Waals surface area (Å²) >= 11 is 0. The Kier molecular flexibility index (Phi) is 3.24. The lowest BCUT2D eigenvalue weighted by atomic mass is 9.93. The van der Waals surface area contributed by atoms with Crippen LogP contribution in [0.1, 0.15) is 17.5 Å². The molecule has 3 aliphatic rings. The van der Waals surface area contributed by atoms with Gasteiger partial charge in [-0.1, -0.05) is 12.2 Å². The van der Waals surface area contributed by atoms with Crippen LogP contribution in [0.15, 0.2) is 30.4 Å². The number of halogens is 3. The van der Waals surface area contributed by atoms with Gasteiger partial charge in [0.25, 0.3) is 0 Å². The van der Waals surface area contributed by atoms with E-state index in [4.69, 9.17) is 5.26 Å². The van der Waals surface area contributed by atoms with Gasteiger partial charge in [0, 0.05) is 12.5 Å². The van der Waals surface area contributed by atoms with E-state index in [1.165, 1.54) is 16.4 Å². The molecule has 0 amide bonds. The predicted molar refractivity (Wildman–Crippen MR) is 84.4 cm³/mol. The van der Waals surface area contributed by atoms with Crippen LogP contribution in [-0.4, -0.2) is 20.9 Å². The zero-order valence-corrected chi connectivity index (χ0v) is 13.3. The summed E-state index contributed by atoms with van der Waals surface area (Å²) < 4.78 is 62.2. The van der Waals surface area contributed by atoms with Crippen LogP contribution in [0.25, 0.3) is 0 Å². The molecule has 1 aromatic carbocycles. The minimum Gasteiger partial charge on any atom is -0.281 e. The number of rotatable bonds is 1. The molecule has 24 heavy (non-hydrogen) atoms. The van der Waals surface area contributed by atoms with Crippen LogP contribution in [0, 0.1) is 29.1 Å². The molecule has 0 radical (unpaired) electrons. The fourth-order valence-corrected chi connectivity index (χ4v) is 6.85. The van der Waals surface area contributed by atoms with Gasteiger partial charge in [-0.2, -0.15) is 18.4 Å². The van der Waals surface area contributed by atoms with Crippen LogP contribution in [0.5, 0.6) is 0 Å². The molecule has 1 aliphatic heterocycles. The third-order valence-corrected chi connectivity index (χ3v) is 7.76. The first-order valence-corrected chi connectivity index (χ1v) is 9.14. The van der Waals surface area contributed by atoms with E-state index in [2.05, 4.69) is 6.08 Å².